The topological polar surface area (TPSA) is 119 Å². The average Bonchev–Trinajstić information content (AvgIpc) is 2.59. The van der Waals surface area contributed by atoms with Gasteiger partial charge in [0.15, 0.2) is 0 Å². The minimum atomic E-state index is -0.617. The van der Waals surface area contributed by atoms with Gasteiger partial charge in [-0.3, -0.25) is 4.79 Å². The van der Waals surface area contributed by atoms with E-state index in [2.05, 4.69) is 24.5 Å². The monoisotopic (exact) mass is 356 g/mol. The van der Waals surface area contributed by atoms with Crippen molar-refractivity contribution in [3.05, 3.63) is 35.9 Å². The average molecular weight is 357 g/mol. The second kappa shape index (κ2) is 15.4. The molecule has 0 aliphatic rings. The fourth-order valence-electron chi connectivity index (χ4n) is 1.72. The molecule has 0 fully saturated rings. The minimum absolute atomic E-state index is 0. The summed E-state index contributed by atoms with van der Waals surface area (Å²) >= 11 is 0. The molecule has 6 N–H and O–H groups in total. The maximum Gasteiger partial charge on any atom is 0.407 e. The Labute approximate surface area is 153 Å². The quantitative estimate of drug-likeness (QED) is 0.400. The summed E-state index contributed by atoms with van der Waals surface area (Å²) in [5.74, 6) is -0.256. The third-order valence-corrected chi connectivity index (χ3v) is 2.89. The van der Waals surface area contributed by atoms with E-state index in [0.29, 0.717) is 6.54 Å². The lowest BCUT2D eigenvalue weighted by Crippen LogP contribution is -2.37. The summed E-state index contributed by atoms with van der Waals surface area (Å²) in [4.78, 5) is 22.9. The number of unbranched alkanes of at least 4 members (excludes halogenated alkanes) is 1. The summed E-state index contributed by atoms with van der Waals surface area (Å²) in [5, 5.41) is 5.09. The summed E-state index contributed by atoms with van der Waals surface area (Å²) in [6.07, 6.45) is 2.70. The number of carbonyl (C=O) groups is 2. The van der Waals surface area contributed by atoms with Gasteiger partial charge in [0, 0.05) is 9.40 Å². The smallest absolute Gasteiger partial charge is 0.407 e. The van der Waals surface area contributed by atoms with Gasteiger partial charge in [0.05, 0.1) is 12.7 Å². The first kappa shape index (κ1) is 22.9. The fraction of sp³-hybridized carbons (Fsp3) is 0.556. The lowest BCUT2D eigenvalue weighted by Gasteiger charge is -2.08. The molecule has 0 saturated carbocycles. The summed E-state index contributed by atoms with van der Waals surface area (Å²) in [7, 11) is 0. The first-order valence-corrected chi connectivity index (χ1v) is 8.72. The molecule has 7 heteroatoms. The maximum absolute atomic E-state index is 11.5. The van der Waals surface area contributed by atoms with E-state index < -0.39 is 6.09 Å². The molecule has 2 amide bonds. The Bertz CT molecular complexity index is 477. The largest absolute Gasteiger partial charge is 0.445 e. The molecule has 1 aromatic carbocycles. The van der Waals surface area contributed by atoms with Gasteiger partial charge in [-0.2, -0.15) is 0 Å². The predicted octanol–water partition coefficient (Wildman–Crippen LogP) is 2.35. The number of carbonyl (C=O) groups excluding carboxylic acids is 2. The Balaban J connectivity index is -0.00000108. The van der Waals surface area contributed by atoms with Crippen molar-refractivity contribution < 1.29 is 17.2 Å². The normalized spacial score (nSPS) is 9.80. The fourth-order valence-corrected chi connectivity index (χ4v) is 1.72. The molecule has 0 aliphatic heterocycles. The van der Waals surface area contributed by atoms with Crippen molar-refractivity contribution >= 4 is 12.0 Å². The van der Waals surface area contributed by atoms with Crippen LogP contribution in [0.1, 0.15) is 47.9 Å². The van der Waals surface area contributed by atoms with Crippen molar-refractivity contribution in [3.63, 3.8) is 0 Å². The van der Waals surface area contributed by atoms with E-state index in [1.165, 1.54) is 6.42 Å². The maximum atomic E-state index is 11.5. The van der Waals surface area contributed by atoms with Gasteiger partial charge in [0.2, 0.25) is 5.91 Å². The van der Waals surface area contributed by atoms with Crippen LogP contribution in [-0.2, 0) is 16.1 Å². The number of benzene rings is 1. The van der Waals surface area contributed by atoms with Crippen molar-refractivity contribution in [2.45, 2.75) is 52.3 Å². The van der Waals surface area contributed by atoms with E-state index in [1.54, 1.807) is 0 Å². The Hall–Kier alpha value is -2.12. The number of alkyl carbamates (subject to hydrolysis) is 1. The highest BCUT2D eigenvalue weighted by Crippen LogP contribution is 2.00. The van der Waals surface area contributed by atoms with Crippen LogP contribution in [0.5, 0.6) is 0 Å². The number of hydrogen-bond acceptors (Lipinski definition) is 5. The molecule has 25 heavy (non-hydrogen) atoms. The molecule has 0 heterocycles. The molecule has 0 radical (unpaired) electrons. The van der Waals surface area contributed by atoms with Crippen LogP contribution < -0.4 is 22.1 Å². The number of ether oxygens (including phenoxy) is 1. The van der Waals surface area contributed by atoms with Crippen LogP contribution >= 0.6 is 0 Å². The number of hydrogen-bond donors (Lipinski definition) is 4. The second-order valence-electron chi connectivity index (χ2n) is 5.63. The molecule has 0 spiro atoms. The Morgan fingerprint density at radius 1 is 1.12 bits per heavy atom. The third-order valence-electron chi connectivity index (χ3n) is 2.89. The van der Waals surface area contributed by atoms with Crippen LogP contribution in [0.2, 0.25) is 0 Å². The first-order chi connectivity index (χ1) is 12.0. The van der Waals surface area contributed by atoms with E-state index in [9.17, 15) is 9.59 Å². The van der Waals surface area contributed by atoms with E-state index in [0.717, 1.165) is 24.8 Å². The predicted molar refractivity (Wildman–Crippen MR) is 104 cm³/mol. The molecule has 7 nitrogen and oxygen atoms in total. The van der Waals surface area contributed by atoms with Gasteiger partial charge in [0.1, 0.15) is 6.61 Å². The Kier molecular flexibility index (Phi) is 14.1. The number of rotatable bonds is 9. The van der Waals surface area contributed by atoms with Crippen molar-refractivity contribution in [2.24, 2.45) is 11.5 Å². The lowest BCUT2D eigenvalue weighted by molar-refractivity contribution is -0.120. The van der Waals surface area contributed by atoms with E-state index >= 15 is 0 Å². The van der Waals surface area contributed by atoms with Crippen LogP contribution in [0, 0.1) is 0 Å². The first-order valence-electron chi connectivity index (χ1n) is 8.72. The van der Waals surface area contributed by atoms with Crippen molar-refractivity contribution in [1.29, 1.82) is 0 Å². The molecular formula is C18H36N4O3. The SMILES string of the molecule is CCC.NC(N)CCCCNC(=O)CNC(=O)OCc1ccccc1.[HH].[HH]. The minimum Gasteiger partial charge on any atom is -0.445 e. The lowest BCUT2D eigenvalue weighted by atomic mass is 10.2. The van der Waals surface area contributed by atoms with Gasteiger partial charge in [-0.25, -0.2) is 4.79 Å². The van der Waals surface area contributed by atoms with Crippen LogP contribution in [0.25, 0.3) is 0 Å². The number of amides is 2. The van der Waals surface area contributed by atoms with E-state index in [4.69, 9.17) is 16.2 Å². The summed E-state index contributed by atoms with van der Waals surface area (Å²) in [6.45, 7) is 4.85. The van der Waals surface area contributed by atoms with Crippen molar-refractivity contribution in [2.75, 3.05) is 13.1 Å². The summed E-state index contributed by atoms with van der Waals surface area (Å²) < 4.78 is 4.99. The molecular weight excluding hydrogens is 320 g/mol. The van der Waals surface area contributed by atoms with E-state index in [-0.39, 0.29) is 28.1 Å². The van der Waals surface area contributed by atoms with Gasteiger partial charge in [-0.05, 0) is 24.8 Å². The zero-order valence-electron chi connectivity index (χ0n) is 15.3. The van der Waals surface area contributed by atoms with Crippen LogP contribution in [0.3, 0.4) is 0 Å². The van der Waals surface area contributed by atoms with E-state index in [1.807, 2.05) is 30.3 Å². The highest BCUT2D eigenvalue weighted by Gasteiger charge is 2.06. The molecule has 0 atom stereocenters. The Morgan fingerprint density at radius 3 is 2.36 bits per heavy atom. The number of nitrogens with two attached hydrogens (primary N) is 2. The summed E-state index contributed by atoms with van der Waals surface area (Å²) in [5.41, 5.74) is 11.7. The molecule has 0 aliphatic carbocycles. The van der Waals surface area contributed by atoms with Gasteiger partial charge < -0.3 is 26.8 Å². The van der Waals surface area contributed by atoms with Crippen LogP contribution in [-0.4, -0.2) is 31.3 Å². The molecule has 1 rings (SSSR count). The van der Waals surface area contributed by atoms with Gasteiger partial charge in [0.25, 0.3) is 0 Å². The highest BCUT2D eigenvalue weighted by molar-refractivity contribution is 5.82. The zero-order valence-corrected chi connectivity index (χ0v) is 15.3. The highest BCUT2D eigenvalue weighted by atomic mass is 16.5. The third kappa shape index (κ3) is 15.2. The zero-order chi connectivity index (χ0) is 18.9. The second-order valence-corrected chi connectivity index (χ2v) is 5.63. The molecule has 146 valence electrons. The molecule has 0 saturated heterocycles. The van der Waals surface area contributed by atoms with Crippen molar-refractivity contribution in [1.82, 2.24) is 10.6 Å². The molecule has 1 aromatic rings. The van der Waals surface area contributed by atoms with Gasteiger partial charge in [-0.15, -0.1) is 0 Å². The van der Waals surface area contributed by atoms with Gasteiger partial charge in [-0.1, -0.05) is 50.6 Å². The summed E-state index contributed by atoms with van der Waals surface area (Å²) in [6, 6.07) is 9.32. The molecule has 0 aromatic heterocycles. The number of nitrogens with one attached hydrogen (secondary N) is 2. The Morgan fingerprint density at radius 2 is 1.76 bits per heavy atom. The van der Waals surface area contributed by atoms with Gasteiger partial charge >= 0.3 is 6.09 Å². The standard InChI is InChI=1S/C15H24N4O3.C3H8.2H2/c16-13(17)8-4-5-9-18-14(20)10-19-15(21)22-11-12-6-2-1-3-7-12;1-3-2;;/h1-3,6-7,13H,4-5,8-11,16-17H2,(H,18,20)(H,19,21);3H2,1-2H3;2*1H. The van der Waals surface area contributed by atoms with Crippen LogP contribution in [0.15, 0.2) is 30.3 Å². The molecule has 0 unspecified atom stereocenters. The molecule has 0 bridgehead atoms. The van der Waals surface area contributed by atoms with Crippen molar-refractivity contribution in [3.8, 4) is 0 Å². The van der Waals surface area contributed by atoms with Crippen LogP contribution in [0.4, 0.5) is 4.79 Å².